The number of nitrogens with zero attached hydrogens (tertiary/aromatic N) is 2. The molecule has 1 aliphatic heterocycles. The zero-order valence-electron chi connectivity index (χ0n) is 9.70. The van der Waals surface area contributed by atoms with E-state index in [1.807, 2.05) is 0 Å². The Morgan fingerprint density at radius 2 is 1.89 bits per heavy atom. The molecule has 8 heteroatoms. The highest BCUT2D eigenvalue weighted by atomic mass is 32.2. The number of carbonyl (C=O) groups is 1. The van der Waals surface area contributed by atoms with Gasteiger partial charge in [0.25, 0.3) is 10.0 Å². The summed E-state index contributed by atoms with van der Waals surface area (Å²) in [4.78, 5) is 14.6. The second kappa shape index (κ2) is 5.33. The molecule has 1 N–H and O–H groups in total. The van der Waals surface area contributed by atoms with E-state index >= 15 is 0 Å². The molecule has 0 spiro atoms. The Balaban J connectivity index is 2.34. The van der Waals surface area contributed by atoms with Crippen molar-refractivity contribution in [2.45, 2.75) is 29.9 Å². The van der Waals surface area contributed by atoms with Crippen LogP contribution in [-0.4, -0.2) is 41.9 Å². The number of carboxylic acid groups (broad SMARTS) is 1. The number of sulfonamides is 1. The predicted molar refractivity (Wildman–Crippen MR) is 66.3 cm³/mol. The van der Waals surface area contributed by atoms with Gasteiger partial charge in [0, 0.05) is 13.1 Å². The number of rotatable bonds is 3. The van der Waals surface area contributed by atoms with Gasteiger partial charge in [0.15, 0.2) is 9.90 Å². The van der Waals surface area contributed by atoms with Crippen LogP contribution < -0.4 is 0 Å². The molecule has 1 aromatic rings. The van der Waals surface area contributed by atoms with E-state index in [-0.39, 0.29) is 9.90 Å². The van der Waals surface area contributed by atoms with Crippen LogP contribution in [0.2, 0.25) is 0 Å². The Morgan fingerprint density at radius 3 is 2.44 bits per heavy atom. The van der Waals surface area contributed by atoms with Gasteiger partial charge in [0.05, 0.1) is 5.51 Å². The molecule has 0 aliphatic carbocycles. The van der Waals surface area contributed by atoms with E-state index < -0.39 is 16.0 Å². The first-order chi connectivity index (χ1) is 8.53. The lowest BCUT2D eigenvalue weighted by Crippen LogP contribution is -2.32. The summed E-state index contributed by atoms with van der Waals surface area (Å²) in [5.41, 5.74) is 0.887. The highest BCUT2D eigenvalue weighted by Gasteiger charge is 2.31. The molecule has 1 aromatic heterocycles. The van der Waals surface area contributed by atoms with Gasteiger partial charge in [-0.1, -0.05) is 12.8 Å². The molecule has 0 unspecified atom stereocenters. The van der Waals surface area contributed by atoms with Gasteiger partial charge in [-0.05, 0) is 12.8 Å². The summed E-state index contributed by atoms with van der Waals surface area (Å²) < 4.78 is 25.9. The molecule has 0 radical (unpaired) electrons. The van der Waals surface area contributed by atoms with Crippen LogP contribution in [0.1, 0.15) is 36.2 Å². The quantitative estimate of drug-likeness (QED) is 0.909. The van der Waals surface area contributed by atoms with Crippen molar-refractivity contribution in [1.29, 1.82) is 0 Å². The third-order valence-electron chi connectivity index (χ3n) is 2.88. The molecule has 2 heterocycles. The van der Waals surface area contributed by atoms with E-state index in [9.17, 15) is 13.2 Å². The van der Waals surface area contributed by atoms with Gasteiger partial charge in [-0.2, -0.15) is 4.31 Å². The summed E-state index contributed by atoms with van der Waals surface area (Å²) in [6.45, 7) is 0.915. The molecule has 0 saturated carbocycles. The minimum Gasteiger partial charge on any atom is -0.476 e. The second-order valence-electron chi connectivity index (χ2n) is 4.11. The first kappa shape index (κ1) is 13.4. The molecule has 2 rings (SSSR count). The Labute approximate surface area is 109 Å². The predicted octanol–water partition coefficient (Wildman–Crippen LogP) is 1.41. The molecular weight excluding hydrogens is 276 g/mol. The van der Waals surface area contributed by atoms with Crippen molar-refractivity contribution in [3.63, 3.8) is 0 Å². The lowest BCUT2D eigenvalue weighted by Gasteiger charge is -2.18. The standard InChI is InChI=1S/C10H14N2O4S2/c13-9(14)8-10(17-7-11-8)18(15,16)12-5-3-1-2-4-6-12/h7H,1-6H2,(H,13,14). The maximum atomic E-state index is 12.4. The van der Waals surface area contributed by atoms with Gasteiger partial charge in [-0.25, -0.2) is 18.2 Å². The monoisotopic (exact) mass is 290 g/mol. The van der Waals surface area contributed by atoms with Crippen molar-refractivity contribution >= 4 is 27.3 Å². The molecule has 1 aliphatic rings. The van der Waals surface area contributed by atoms with Crippen LogP contribution in [0.15, 0.2) is 9.72 Å². The molecule has 1 fully saturated rings. The number of hydrogen-bond donors (Lipinski definition) is 1. The largest absolute Gasteiger partial charge is 0.476 e. The van der Waals surface area contributed by atoms with E-state index in [1.165, 1.54) is 9.82 Å². The summed E-state index contributed by atoms with van der Waals surface area (Å²) >= 11 is 0.864. The maximum Gasteiger partial charge on any atom is 0.356 e. The zero-order valence-corrected chi connectivity index (χ0v) is 11.3. The topological polar surface area (TPSA) is 87.6 Å². The van der Waals surface area contributed by atoms with Crippen LogP contribution in [0.5, 0.6) is 0 Å². The average Bonchev–Trinajstić information content (AvgIpc) is 2.65. The van der Waals surface area contributed by atoms with Crippen molar-refractivity contribution in [3.05, 3.63) is 11.2 Å². The van der Waals surface area contributed by atoms with Crippen LogP contribution >= 0.6 is 11.3 Å². The Kier molecular flexibility index (Phi) is 3.98. The minimum absolute atomic E-state index is 0.156. The molecule has 0 bridgehead atoms. The fraction of sp³-hybridized carbons (Fsp3) is 0.600. The molecular formula is C10H14N2O4S2. The van der Waals surface area contributed by atoms with E-state index in [0.29, 0.717) is 13.1 Å². The number of hydrogen-bond acceptors (Lipinski definition) is 5. The van der Waals surface area contributed by atoms with Gasteiger partial charge in [0.2, 0.25) is 0 Å². The van der Waals surface area contributed by atoms with Crippen LogP contribution in [0.4, 0.5) is 0 Å². The number of aromatic carboxylic acids is 1. The summed E-state index contributed by atoms with van der Waals surface area (Å²) in [5.74, 6) is -1.30. The number of aromatic nitrogens is 1. The molecule has 18 heavy (non-hydrogen) atoms. The van der Waals surface area contributed by atoms with E-state index in [0.717, 1.165) is 37.0 Å². The lowest BCUT2D eigenvalue weighted by molar-refractivity contribution is 0.0687. The van der Waals surface area contributed by atoms with Gasteiger partial charge >= 0.3 is 5.97 Å². The molecule has 0 aromatic carbocycles. The molecule has 6 nitrogen and oxygen atoms in total. The maximum absolute atomic E-state index is 12.4. The smallest absolute Gasteiger partial charge is 0.356 e. The number of thiazole rings is 1. The first-order valence-electron chi connectivity index (χ1n) is 5.70. The van der Waals surface area contributed by atoms with Crippen molar-refractivity contribution in [3.8, 4) is 0 Å². The highest BCUT2D eigenvalue weighted by Crippen LogP contribution is 2.26. The highest BCUT2D eigenvalue weighted by molar-refractivity contribution is 7.91. The fourth-order valence-corrected chi connectivity index (χ4v) is 4.76. The van der Waals surface area contributed by atoms with Crippen molar-refractivity contribution in [1.82, 2.24) is 9.29 Å². The number of carboxylic acids is 1. The summed E-state index contributed by atoms with van der Waals surface area (Å²) in [6, 6.07) is 0. The van der Waals surface area contributed by atoms with Crippen LogP contribution in [-0.2, 0) is 10.0 Å². The Hall–Kier alpha value is -0.990. The van der Waals surface area contributed by atoms with Crippen molar-refractivity contribution in [2.24, 2.45) is 0 Å². The lowest BCUT2D eigenvalue weighted by atomic mass is 10.2. The SMILES string of the molecule is O=C(O)c1ncsc1S(=O)(=O)N1CCCCCC1. The van der Waals surface area contributed by atoms with Gasteiger partial charge in [-0.15, -0.1) is 11.3 Å². The summed E-state index contributed by atoms with van der Waals surface area (Å²) in [7, 11) is -3.71. The molecule has 0 amide bonds. The molecule has 100 valence electrons. The van der Waals surface area contributed by atoms with Gasteiger partial charge < -0.3 is 5.11 Å². The van der Waals surface area contributed by atoms with Crippen LogP contribution in [0, 0.1) is 0 Å². The van der Waals surface area contributed by atoms with Crippen molar-refractivity contribution in [2.75, 3.05) is 13.1 Å². The van der Waals surface area contributed by atoms with E-state index in [2.05, 4.69) is 4.98 Å². The first-order valence-corrected chi connectivity index (χ1v) is 8.02. The van der Waals surface area contributed by atoms with Gasteiger partial charge in [-0.3, -0.25) is 0 Å². The Bertz CT molecular complexity index is 530. The fourth-order valence-electron chi connectivity index (χ4n) is 1.96. The van der Waals surface area contributed by atoms with Crippen LogP contribution in [0.3, 0.4) is 0 Å². The third-order valence-corrected chi connectivity index (χ3v) is 6.12. The zero-order chi connectivity index (χ0) is 13.2. The van der Waals surface area contributed by atoms with E-state index in [1.54, 1.807) is 0 Å². The second-order valence-corrected chi connectivity index (χ2v) is 7.10. The minimum atomic E-state index is -3.71. The average molecular weight is 290 g/mol. The van der Waals surface area contributed by atoms with Crippen molar-refractivity contribution < 1.29 is 18.3 Å². The summed E-state index contributed by atoms with van der Waals surface area (Å²) in [5, 5.41) is 8.93. The van der Waals surface area contributed by atoms with E-state index in [4.69, 9.17) is 5.11 Å². The molecule has 0 atom stereocenters. The van der Waals surface area contributed by atoms with Gasteiger partial charge in [0.1, 0.15) is 0 Å². The van der Waals surface area contributed by atoms with Crippen LogP contribution in [0.25, 0.3) is 0 Å². The summed E-state index contributed by atoms with van der Waals surface area (Å²) in [6.07, 6.45) is 3.67. The Morgan fingerprint density at radius 1 is 1.28 bits per heavy atom. The third kappa shape index (κ3) is 2.55. The molecule has 1 saturated heterocycles. The normalized spacial score (nSPS) is 18.4.